The van der Waals surface area contributed by atoms with E-state index in [1.54, 1.807) is 0 Å². The predicted octanol–water partition coefficient (Wildman–Crippen LogP) is 2.74. The first kappa shape index (κ1) is 16.5. The number of piperidine rings is 1. The second kappa shape index (κ2) is 8.52. The lowest BCUT2D eigenvalue weighted by molar-refractivity contribution is 0.0752. The molecule has 1 aromatic carbocycles. The number of benzene rings is 1. The zero-order valence-electron chi connectivity index (χ0n) is 13.5. The molecule has 0 radical (unpaired) electrons. The van der Waals surface area contributed by atoms with Crippen molar-refractivity contribution in [2.75, 3.05) is 26.2 Å². The Kier molecular flexibility index (Phi) is 6.68. The van der Waals surface area contributed by atoms with E-state index in [1.165, 1.54) is 31.4 Å². The summed E-state index contributed by atoms with van der Waals surface area (Å²) in [7, 11) is 0. The molecule has 0 bridgehead atoms. The molecular weight excluding hydrogens is 260 g/mol. The molecule has 1 heterocycles. The third kappa shape index (κ3) is 5.10. The topological polar surface area (TPSA) is 26.7 Å². The van der Waals surface area contributed by atoms with Gasteiger partial charge >= 0.3 is 0 Å². The van der Waals surface area contributed by atoms with Crippen LogP contribution in [0.25, 0.3) is 0 Å². The highest BCUT2D eigenvalue weighted by Gasteiger charge is 2.25. The lowest BCUT2D eigenvalue weighted by Crippen LogP contribution is -2.48. The number of hydrogen-bond donors (Lipinski definition) is 1. The zero-order chi connectivity index (χ0) is 15.1. The Bertz CT molecular complexity index is 393. The summed E-state index contributed by atoms with van der Waals surface area (Å²) in [6, 6.07) is 11.9. The maximum Gasteiger partial charge on any atom is 0.0558 e. The molecule has 1 saturated heterocycles. The van der Waals surface area contributed by atoms with Crippen LogP contribution < -0.4 is 0 Å². The van der Waals surface area contributed by atoms with Gasteiger partial charge in [-0.25, -0.2) is 0 Å². The molecule has 0 aromatic heterocycles. The Hall–Kier alpha value is -0.900. The number of aliphatic hydroxyl groups is 1. The second-order valence-electron chi connectivity index (χ2n) is 6.42. The Morgan fingerprint density at radius 1 is 1.24 bits per heavy atom. The molecule has 0 aliphatic carbocycles. The molecule has 0 spiro atoms. The van der Waals surface area contributed by atoms with Crippen molar-refractivity contribution >= 4 is 0 Å². The Labute approximate surface area is 129 Å². The summed E-state index contributed by atoms with van der Waals surface area (Å²) in [5, 5.41) is 9.26. The Balaban J connectivity index is 1.97. The van der Waals surface area contributed by atoms with Crippen LogP contribution in [0.15, 0.2) is 30.3 Å². The van der Waals surface area contributed by atoms with E-state index in [2.05, 4.69) is 54.0 Å². The molecule has 1 aliphatic heterocycles. The third-order valence-electron chi connectivity index (χ3n) is 4.54. The molecule has 1 N–H and O–H groups in total. The van der Waals surface area contributed by atoms with Crippen molar-refractivity contribution in [2.45, 2.75) is 51.7 Å². The van der Waals surface area contributed by atoms with Gasteiger partial charge in [-0.2, -0.15) is 0 Å². The van der Waals surface area contributed by atoms with E-state index in [9.17, 15) is 5.11 Å². The van der Waals surface area contributed by atoms with Crippen LogP contribution in [-0.2, 0) is 6.54 Å². The van der Waals surface area contributed by atoms with E-state index in [4.69, 9.17) is 0 Å². The summed E-state index contributed by atoms with van der Waals surface area (Å²) < 4.78 is 0. The summed E-state index contributed by atoms with van der Waals surface area (Å²) in [5.41, 5.74) is 1.41. The molecule has 2 rings (SSSR count). The first-order valence-corrected chi connectivity index (χ1v) is 8.33. The van der Waals surface area contributed by atoms with Crippen LogP contribution in [0.4, 0.5) is 0 Å². The van der Waals surface area contributed by atoms with Gasteiger partial charge in [0.15, 0.2) is 0 Å². The maximum atomic E-state index is 9.26. The van der Waals surface area contributed by atoms with E-state index >= 15 is 0 Å². The van der Waals surface area contributed by atoms with Crippen LogP contribution in [0, 0.1) is 0 Å². The van der Waals surface area contributed by atoms with E-state index < -0.39 is 0 Å². The van der Waals surface area contributed by atoms with Crippen molar-refractivity contribution in [3.8, 4) is 0 Å². The molecule has 0 amide bonds. The number of rotatable bonds is 7. The van der Waals surface area contributed by atoms with Crippen molar-refractivity contribution in [1.82, 2.24) is 9.80 Å². The van der Waals surface area contributed by atoms with Crippen LogP contribution in [0.1, 0.15) is 38.7 Å². The van der Waals surface area contributed by atoms with Gasteiger partial charge < -0.3 is 5.11 Å². The van der Waals surface area contributed by atoms with Gasteiger partial charge in [-0.1, -0.05) is 36.8 Å². The van der Waals surface area contributed by atoms with Gasteiger partial charge in [0, 0.05) is 31.7 Å². The van der Waals surface area contributed by atoms with Crippen LogP contribution in [-0.4, -0.2) is 53.2 Å². The van der Waals surface area contributed by atoms with Gasteiger partial charge in [-0.15, -0.1) is 0 Å². The summed E-state index contributed by atoms with van der Waals surface area (Å²) in [4.78, 5) is 5.04. The maximum absolute atomic E-state index is 9.26. The fourth-order valence-electron chi connectivity index (χ4n) is 3.25. The summed E-state index contributed by atoms with van der Waals surface area (Å²) >= 11 is 0. The van der Waals surface area contributed by atoms with Gasteiger partial charge in [0.05, 0.1) is 6.61 Å². The molecule has 3 nitrogen and oxygen atoms in total. The van der Waals surface area contributed by atoms with E-state index in [1.807, 2.05) is 0 Å². The van der Waals surface area contributed by atoms with Gasteiger partial charge in [0.25, 0.3) is 0 Å². The van der Waals surface area contributed by atoms with Crippen LogP contribution in [0.5, 0.6) is 0 Å². The molecule has 1 aliphatic rings. The lowest BCUT2D eigenvalue weighted by Gasteiger charge is -2.40. The fraction of sp³-hybridized carbons (Fsp3) is 0.667. The number of aliphatic hydroxyl groups excluding tert-OH is 1. The molecule has 21 heavy (non-hydrogen) atoms. The fourth-order valence-corrected chi connectivity index (χ4v) is 3.25. The van der Waals surface area contributed by atoms with Gasteiger partial charge in [0.1, 0.15) is 0 Å². The van der Waals surface area contributed by atoms with Crippen molar-refractivity contribution in [3.05, 3.63) is 35.9 Å². The lowest BCUT2D eigenvalue weighted by atomic mass is 10.00. The number of nitrogens with zero attached hydrogens (tertiary/aromatic N) is 2. The van der Waals surface area contributed by atoms with Crippen LogP contribution >= 0.6 is 0 Å². The molecule has 1 fully saturated rings. The monoisotopic (exact) mass is 290 g/mol. The first-order valence-electron chi connectivity index (χ1n) is 8.33. The van der Waals surface area contributed by atoms with E-state index in [0.29, 0.717) is 12.1 Å². The average Bonchev–Trinajstić information content (AvgIpc) is 2.49. The van der Waals surface area contributed by atoms with Crippen LogP contribution in [0.3, 0.4) is 0 Å². The minimum absolute atomic E-state index is 0.254. The molecular formula is C18H30N2O. The number of likely N-dealkylation sites (tertiary alicyclic amines) is 1. The standard InChI is InChI=1S/C18H30N2O/c1-16(2)19(12-13-21)15-18-10-6-7-11-20(18)14-17-8-4-3-5-9-17/h3-5,8-9,16,18,21H,6-7,10-15H2,1-2H3/t18-/m1/s1. The molecule has 0 unspecified atom stereocenters. The van der Waals surface area contributed by atoms with E-state index in [0.717, 1.165) is 19.6 Å². The van der Waals surface area contributed by atoms with Crippen molar-refractivity contribution in [2.24, 2.45) is 0 Å². The average molecular weight is 290 g/mol. The van der Waals surface area contributed by atoms with Gasteiger partial charge in [0.2, 0.25) is 0 Å². The van der Waals surface area contributed by atoms with Crippen molar-refractivity contribution < 1.29 is 5.11 Å². The third-order valence-corrected chi connectivity index (χ3v) is 4.54. The van der Waals surface area contributed by atoms with Crippen molar-refractivity contribution in [1.29, 1.82) is 0 Å². The summed E-state index contributed by atoms with van der Waals surface area (Å²) in [5.74, 6) is 0. The predicted molar refractivity (Wildman–Crippen MR) is 88.3 cm³/mol. The normalized spacial score (nSPS) is 20.3. The quantitative estimate of drug-likeness (QED) is 0.836. The minimum Gasteiger partial charge on any atom is -0.395 e. The highest BCUT2D eigenvalue weighted by atomic mass is 16.3. The second-order valence-corrected chi connectivity index (χ2v) is 6.42. The van der Waals surface area contributed by atoms with Crippen molar-refractivity contribution in [3.63, 3.8) is 0 Å². The molecule has 118 valence electrons. The first-order chi connectivity index (χ1) is 10.2. The highest BCUT2D eigenvalue weighted by Crippen LogP contribution is 2.21. The Morgan fingerprint density at radius 2 is 2.00 bits per heavy atom. The van der Waals surface area contributed by atoms with E-state index in [-0.39, 0.29) is 6.61 Å². The zero-order valence-corrected chi connectivity index (χ0v) is 13.5. The highest BCUT2D eigenvalue weighted by molar-refractivity contribution is 5.14. The molecule has 3 heteroatoms. The smallest absolute Gasteiger partial charge is 0.0558 e. The summed E-state index contributed by atoms with van der Waals surface area (Å²) in [6.07, 6.45) is 3.92. The van der Waals surface area contributed by atoms with Crippen LogP contribution in [0.2, 0.25) is 0 Å². The van der Waals surface area contributed by atoms with Gasteiger partial charge in [-0.05, 0) is 38.8 Å². The van der Waals surface area contributed by atoms with Gasteiger partial charge in [-0.3, -0.25) is 9.80 Å². The number of hydrogen-bond acceptors (Lipinski definition) is 3. The largest absolute Gasteiger partial charge is 0.395 e. The molecule has 1 atom stereocenters. The summed E-state index contributed by atoms with van der Waals surface area (Å²) in [6.45, 7) is 8.81. The molecule has 0 saturated carbocycles. The SMILES string of the molecule is CC(C)N(CCO)C[C@H]1CCCCN1Cc1ccccc1. The minimum atomic E-state index is 0.254. The molecule has 1 aromatic rings. The Morgan fingerprint density at radius 3 is 2.67 bits per heavy atom.